The van der Waals surface area contributed by atoms with Gasteiger partial charge in [-0.25, -0.2) is 14.6 Å². The molecule has 0 spiro atoms. The van der Waals surface area contributed by atoms with Crippen LogP contribution in [0.2, 0.25) is 0 Å². The van der Waals surface area contributed by atoms with Crippen LogP contribution < -0.4 is 14.2 Å². The number of ether oxygens (including phenoxy) is 3. The lowest BCUT2D eigenvalue weighted by molar-refractivity contribution is -0.136. The third kappa shape index (κ3) is 7.77. The zero-order valence-corrected chi connectivity index (χ0v) is 26.9. The molecule has 11 heteroatoms. The second-order valence-corrected chi connectivity index (χ2v) is 11.7. The average Bonchev–Trinajstić information content (AvgIpc) is 3.80. The van der Waals surface area contributed by atoms with E-state index < -0.39 is 5.97 Å². The molecule has 0 aliphatic rings. The molecule has 0 radical (unpaired) electrons. The van der Waals surface area contributed by atoms with Crippen molar-refractivity contribution in [3.05, 3.63) is 123 Å². The third-order valence-corrected chi connectivity index (χ3v) is 8.01. The first-order valence-electron chi connectivity index (χ1n) is 14.8. The number of methoxy groups -OCH3 is 1. The molecule has 10 nitrogen and oxygen atoms in total. The Morgan fingerprint density at radius 2 is 1.72 bits per heavy atom. The number of aromatic nitrogens is 4. The largest absolute Gasteiger partial charge is 0.493 e. The van der Waals surface area contributed by atoms with Crippen LogP contribution in [-0.2, 0) is 24.4 Å². The van der Waals surface area contributed by atoms with E-state index in [0.717, 1.165) is 33.1 Å². The molecule has 1 N–H and O–H groups in total. The molecule has 238 valence electrons. The Labute approximate surface area is 275 Å². The topological polar surface area (TPSA) is 122 Å². The van der Waals surface area contributed by atoms with Gasteiger partial charge < -0.3 is 23.7 Å². The zero-order valence-electron chi connectivity index (χ0n) is 26.0. The van der Waals surface area contributed by atoms with Crippen molar-refractivity contribution in [1.29, 1.82) is 0 Å². The SMILES string of the molecule is COc1cc(COc2nn(-c3ccccc3)cc2/C=C/c2csc(C)n2)ccc1OCc1nc(-c2ccc(CC(=O)O)cc2)oc1C. The van der Waals surface area contributed by atoms with Gasteiger partial charge in [0.15, 0.2) is 11.5 Å². The molecule has 0 unspecified atom stereocenters. The predicted octanol–water partition coefficient (Wildman–Crippen LogP) is 7.56. The fourth-order valence-electron chi connectivity index (χ4n) is 4.79. The van der Waals surface area contributed by atoms with E-state index in [9.17, 15) is 4.79 Å². The van der Waals surface area contributed by atoms with Crippen molar-refractivity contribution in [2.75, 3.05) is 7.11 Å². The third-order valence-electron chi connectivity index (χ3n) is 7.21. The first-order valence-corrected chi connectivity index (χ1v) is 15.7. The first-order chi connectivity index (χ1) is 22.8. The van der Waals surface area contributed by atoms with Crippen molar-refractivity contribution in [2.45, 2.75) is 33.5 Å². The number of benzene rings is 3. The molecule has 0 bridgehead atoms. The van der Waals surface area contributed by atoms with Gasteiger partial charge in [0.25, 0.3) is 0 Å². The summed E-state index contributed by atoms with van der Waals surface area (Å²) in [4.78, 5) is 20.1. The van der Waals surface area contributed by atoms with E-state index in [1.54, 1.807) is 47.4 Å². The molecule has 0 aliphatic heterocycles. The molecule has 47 heavy (non-hydrogen) atoms. The molecule has 6 rings (SSSR count). The lowest BCUT2D eigenvalue weighted by Gasteiger charge is -2.12. The van der Waals surface area contributed by atoms with E-state index in [4.69, 9.17) is 28.8 Å². The van der Waals surface area contributed by atoms with E-state index in [-0.39, 0.29) is 19.6 Å². The van der Waals surface area contributed by atoms with Crippen molar-refractivity contribution in [3.63, 3.8) is 0 Å². The highest BCUT2D eigenvalue weighted by molar-refractivity contribution is 7.09. The molecule has 6 aromatic rings. The number of oxazole rings is 1. The summed E-state index contributed by atoms with van der Waals surface area (Å²) in [5.41, 5.74) is 5.61. The Balaban J connectivity index is 1.14. The molecule has 0 atom stereocenters. The van der Waals surface area contributed by atoms with Gasteiger partial charge in [0, 0.05) is 17.1 Å². The lowest BCUT2D eigenvalue weighted by atomic mass is 10.1. The summed E-state index contributed by atoms with van der Waals surface area (Å²) in [6.07, 6.45) is 5.81. The average molecular weight is 649 g/mol. The van der Waals surface area contributed by atoms with Crippen LogP contribution in [-0.4, -0.2) is 37.9 Å². The van der Waals surface area contributed by atoms with Crippen molar-refractivity contribution < 1.29 is 28.5 Å². The standard InChI is InChI=1S/C36H32N4O6S/c1-23-31(38-35(46-23)27-12-9-25(10-13-27)18-34(41)42)21-44-32-16-11-26(17-33(32)43-3)20-45-36-28(14-15-29-22-47-24(2)37-29)19-40(39-36)30-7-5-4-6-8-30/h4-17,19,22H,18,20-21H2,1-3H3,(H,41,42)/b15-14+. The highest BCUT2D eigenvalue weighted by atomic mass is 32.1. The van der Waals surface area contributed by atoms with Gasteiger partial charge in [-0.05, 0) is 73.5 Å². The highest BCUT2D eigenvalue weighted by Crippen LogP contribution is 2.31. The van der Waals surface area contributed by atoms with Crippen LogP contribution in [0.3, 0.4) is 0 Å². The number of carboxylic acids is 1. The lowest BCUT2D eigenvalue weighted by Crippen LogP contribution is -2.02. The molecule has 0 fully saturated rings. The van der Waals surface area contributed by atoms with Gasteiger partial charge in [0.05, 0.1) is 35.5 Å². The van der Waals surface area contributed by atoms with Crippen molar-refractivity contribution in [3.8, 4) is 34.5 Å². The van der Waals surface area contributed by atoms with Gasteiger partial charge in [0.2, 0.25) is 11.8 Å². The van der Waals surface area contributed by atoms with Gasteiger partial charge in [-0.3, -0.25) is 4.79 Å². The summed E-state index contributed by atoms with van der Waals surface area (Å²) in [7, 11) is 1.59. The number of para-hydroxylation sites is 1. The minimum atomic E-state index is -0.879. The van der Waals surface area contributed by atoms with Gasteiger partial charge in [-0.1, -0.05) is 36.4 Å². The number of aliphatic carboxylic acids is 1. The maximum Gasteiger partial charge on any atom is 0.307 e. The molecular weight excluding hydrogens is 616 g/mol. The number of carboxylic acid groups (broad SMARTS) is 1. The molecular formula is C36H32N4O6S. The maximum atomic E-state index is 11.0. The van der Waals surface area contributed by atoms with Crippen LogP contribution in [0.5, 0.6) is 17.4 Å². The van der Waals surface area contributed by atoms with Crippen molar-refractivity contribution >= 4 is 29.5 Å². The minimum absolute atomic E-state index is 0.0403. The quantitative estimate of drug-likeness (QED) is 0.135. The number of thiazole rings is 1. The normalized spacial score (nSPS) is 11.2. The second kappa shape index (κ2) is 14.2. The minimum Gasteiger partial charge on any atom is -0.493 e. The number of aryl methyl sites for hydroxylation is 2. The van der Waals surface area contributed by atoms with Crippen LogP contribution in [0.15, 0.2) is 88.8 Å². The first kappa shape index (κ1) is 31.3. The Hall–Kier alpha value is -5.68. The highest BCUT2D eigenvalue weighted by Gasteiger charge is 2.15. The van der Waals surface area contributed by atoms with Crippen LogP contribution >= 0.6 is 11.3 Å². The summed E-state index contributed by atoms with van der Waals surface area (Å²) >= 11 is 1.60. The monoisotopic (exact) mass is 648 g/mol. The van der Waals surface area contributed by atoms with Crippen LogP contribution in [0.25, 0.3) is 29.3 Å². The number of nitrogens with zero attached hydrogens (tertiary/aromatic N) is 4. The number of hydrogen-bond donors (Lipinski definition) is 1. The van der Waals surface area contributed by atoms with E-state index in [2.05, 4.69) is 9.97 Å². The molecule has 3 aromatic carbocycles. The number of rotatable bonds is 13. The summed E-state index contributed by atoms with van der Waals surface area (Å²) in [6.45, 7) is 4.24. The van der Waals surface area contributed by atoms with Gasteiger partial charge in [-0.15, -0.1) is 16.4 Å². The van der Waals surface area contributed by atoms with Crippen LogP contribution in [0.4, 0.5) is 0 Å². The van der Waals surface area contributed by atoms with E-state index in [1.807, 2.05) is 86.1 Å². The molecule has 0 saturated carbocycles. The molecule has 3 aromatic heterocycles. The fourth-order valence-corrected chi connectivity index (χ4v) is 5.37. The van der Waals surface area contributed by atoms with Crippen molar-refractivity contribution in [1.82, 2.24) is 19.7 Å². The Morgan fingerprint density at radius 1 is 0.936 bits per heavy atom. The summed E-state index contributed by atoms with van der Waals surface area (Å²) in [6, 6.07) is 22.6. The Morgan fingerprint density at radius 3 is 2.45 bits per heavy atom. The van der Waals surface area contributed by atoms with Gasteiger partial charge >= 0.3 is 5.97 Å². The van der Waals surface area contributed by atoms with Gasteiger partial charge in [0.1, 0.15) is 24.7 Å². The molecule has 0 amide bonds. The summed E-state index contributed by atoms with van der Waals surface area (Å²) in [5, 5.41) is 16.7. The number of carbonyl (C=O) groups is 1. The summed E-state index contributed by atoms with van der Waals surface area (Å²) in [5.74, 6) is 1.78. The smallest absolute Gasteiger partial charge is 0.307 e. The van der Waals surface area contributed by atoms with Gasteiger partial charge in [-0.2, -0.15) is 0 Å². The van der Waals surface area contributed by atoms with Crippen LogP contribution in [0, 0.1) is 13.8 Å². The van der Waals surface area contributed by atoms with E-state index in [1.165, 1.54) is 0 Å². The predicted molar refractivity (Wildman–Crippen MR) is 179 cm³/mol. The second-order valence-electron chi connectivity index (χ2n) is 10.6. The summed E-state index contributed by atoms with van der Waals surface area (Å²) < 4.78 is 25.6. The Bertz CT molecular complexity index is 2010. The molecule has 3 heterocycles. The number of hydrogen-bond acceptors (Lipinski definition) is 9. The Kier molecular flexibility index (Phi) is 9.44. The van der Waals surface area contributed by atoms with E-state index in [0.29, 0.717) is 40.3 Å². The zero-order chi connectivity index (χ0) is 32.8. The van der Waals surface area contributed by atoms with E-state index >= 15 is 0 Å². The molecule has 0 aliphatic carbocycles. The fraction of sp³-hybridized carbons (Fsp3) is 0.167. The maximum absolute atomic E-state index is 11.0. The molecule has 0 saturated heterocycles. The van der Waals surface area contributed by atoms with Crippen LogP contribution in [0.1, 0.15) is 38.8 Å². The van der Waals surface area contributed by atoms with Crippen molar-refractivity contribution in [2.24, 2.45) is 0 Å².